The van der Waals surface area contributed by atoms with Crippen LogP contribution in [0.15, 0.2) is 17.1 Å². The van der Waals surface area contributed by atoms with E-state index in [1.165, 1.54) is 12.8 Å². The Labute approximate surface area is 88.3 Å². The molecule has 0 N–H and O–H groups in total. The second-order valence-electron chi connectivity index (χ2n) is 4.68. The van der Waals surface area contributed by atoms with E-state index in [1.807, 2.05) is 0 Å². The van der Waals surface area contributed by atoms with Crippen molar-refractivity contribution in [2.45, 2.75) is 58.9 Å². The van der Waals surface area contributed by atoms with Gasteiger partial charge < -0.3 is 0 Å². The summed E-state index contributed by atoms with van der Waals surface area (Å²) in [7, 11) is 0. The molecule has 0 aromatic carbocycles. The van der Waals surface area contributed by atoms with Crippen molar-refractivity contribution in [3.63, 3.8) is 0 Å². The van der Waals surface area contributed by atoms with Crippen molar-refractivity contribution in [3.8, 4) is 0 Å². The Morgan fingerprint density at radius 3 is 2.21 bits per heavy atom. The van der Waals surface area contributed by atoms with E-state index in [9.17, 15) is 0 Å². The molecule has 1 aliphatic rings. The third-order valence-corrected chi connectivity index (χ3v) is 3.76. The van der Waals surface area contributed by atoms with Crippen molar-refractivity contribution in [3.05, 3.63) is 12.2 Å². The third kappa shape index (κ3) is 2.26. The van der Waals surface area contributed by atoms with Gasteiger partial charge in [0.25, 0.3) is 0 Å². The topological polar surface area (TPSA) is 12.4 Å². The normalized spacial score (nSPS) is 26.9. The summed E-state index contributed by atoms with van der Waals surface area (Å²) in [4.78, 5) is 4.78. The lowest BCUT2D eigenvalue weighted by molar-refractivity contribution is 0.425. The van der Waals surface area contributed by atoms with E-state index >= 15 is 0 Å². The zero-order valence-electron chi connectivity index (χ0n) is 10.0. The minimum absolute atomic E-state index is 0.158. The van der Waals surface area contributed by atoms with Crippen LogP contribution in [0.5, 0.6) is 0 Å². The summed E-state index contributed by atoms with van der Waals surface area (Å²) in [6.07, 6.45) is 11.3. The molecule has 0 aromatic rings. The van der Waals surface area contributed by atoms with E-state index in [0.29, 0.717) is 5.41 Å². The van der Waals surface area contributed by atoms with Crippen molar-refractivity contribution in [1.82, 2.24) is 0 Å². The molecule has 0 heterocycles. The van der Waals surface area contributed by atoms with Gasteiger partial charge in [-0.15, -0.1) is 0 Å². The number of nitrogens with zero attached hydrogens (tertiary/aromatic N) is 1. The maximum Gasteiger partial charge on any atom is 0.0815 e. The molecule has 0 bridgehead atoms. The van der Waals surface area contributed by atoms with E-state index in [2.05, 4.69) is 46.1 Å². The highest BCUT2D eigenvalue weighted by molar-refractivity contribution is 5.66. The minimum Gasteiger partial charge on any atom is -0.286 e. The maximum atomic E-state index is 4.78. The van der Waals surface area contributed by atoms with Gasteiger partial charge in [-0.2, -0.15) is 0 Å². The first kappa shape index (κ1) is 11.5. The van der Waals surface area contributed by atoms with Crippen LogP contribution in [0.25, 0.3) is 0 Å². The summed E-state index contributed by atoms with van der Waals surface area (Å²) in [6.45, 7) is 8.99. The van der Waals surface area contributed by atoms with Gasteiger partial charge in [0, 0.05) is 11.6 Å². The predicted octanol–water partition coefficient (Wildman–Crippen LogP) is 3.99. The Morgan fingerprint density at radius 2 is 1.93 bits per heavy atom. The number of hydrogen-bond acceptors (Lipinski definition) is 1. The Hall–Kier alpha value is -0.590. The summed E-state index contributed by atoms with van der Waals surface area (Å²) < 4.78 is 0. The van der Waals surface area contributed by atoms with Crippen LogP contribution in [0, 0.1) is 5.41 Å². The summed E-state index contributed by atoms with van der Waals surface area (Å²) in [5.74, 6) is 0. The molecule has 0 spiro atoms. The second kappa shape index (κ2) is 4.29. The Bertz CT molecular complexity index is 236. The highest BCUT2D eigenvalue weighted by Gasteiger charge is 2.29. The van der Waals surface area contributed by atoms with Gasteiger partial charge in [0.2, 0.25) is 0 Å². The first-order chi connectivity index (χ1) is 6.60. The van der Waals surface area contributed by atoms with Gasteiger partial charge in [0.1, 0.15) is 0 Å². The summed E-state index contributed by atoms with van der Waals surface area (Å²) in [5.41, 5.74) is 0.456. The zero-order valence-corrected chi connectivity index (χ0v) is 10.0. The Kier molecular flexibility index (Phi) is 3.52. The predicted molar refractivity (Wildman–Crippen MR) is 64.0 cm³/mol. The molecule has 1 heteroatoms. The lowest BCUT2D eigenvalue weighted by Gasteiger charge is -2.32. The van der Waals surface area contributed by atoms with Gasteiger partial charge in [-0.3, -0.25) is 4.99 Å². The molecule has 0 saturated heterocycles. The molecule has 0 aromatic heterocycles. The van der Waals surface area contributed by atoms with Crippen LogP contribution in [-0.4, -0.2) is 11.8 Å². The van der Waals surface area contributed by atoms with Gasteiger partial charge in [-0.05, 0) is 25.7 Å². The van der Waals surface area contributed by atoms with Crippen molar-refractivity contribution in [2.24, 2.45) is 10.4 Å². The molecule has 1 unspecified atom stereocenters. The fourth-order valence-corrected chi connectivity index (χ4v) is 1.56. The summed E-state index contributed by atoms with van der Waals surface area (Å²) in [6, 6.07) is 0. The Balaban J connectivity index is 2.66. The summed E-state index contributed by atoms with van der Waals surface area (Å²) >= 11 is 0. The average molecular weight is 193 g/mol. The van der Waals surface area contributed by atoms with E-state index in [1.54, 1.807) is 0 Å². The molecule has 0 radical (unpaired) electrons. The first-order valence-corrected chi connectivity index (χ1v) is 5.84. The van der Waals surface area contributed by atoms with E-state index in [4.69, 9.17) is 4.99 Å². The summed E-state index contributed by atoms with van der Waals surface area (Å²) in [5, 5.41) is 0. The molecule has 0 aliphatic heterocycles. The molecule has 1 nitrogen and oxygen atoms in total. The standard InChI is InChI=1S/C13H23N/c1-5-12(4,6-2)11-14-13(7-3)9-8-10-13/h8-9,11H,5-7,10H2,1-4H3. The van der Waals surface area contributed by atoms with Crippen LogP contribution >= 0.6 is 0 Å². The second-order valence-corrected chi connectivity index (χ2v) is 4.68. The van der Waals surface area contributed by atoms with E-state index in [-0.39, 0.29) is 5.54 Å². The first-order valence-electron chi connectivity index (χ1n) is 5.84. The van der Waals surface area contributed by atoms with Gasteiger partial charge in [0.05, 0.1) is 5.54 Å². The van der Waals surface area contributed by atoms with Crippen molar-refractivity contribution < 1.29 is 0 Å². The fraction of sp³-hybridized carbons (Fsp3) is 0.769. The van der Waals surface area contributed by atoms with Gasteiger partial charge >= 0.3 is 0 Å². The smallest absolute Gasteiger partial charge is 0.0815 e. The third-order valence-electron chi connectivity index (χ3n) is 3.76. The highest BCUT2D eigenvalue weighted by atomic mass is 14.9. The molecule has 1 rings (SSSR count). The monoisotopic (exact) mass is 193 g/mol. The highest BCUT2D eigenvalue weighted by Crippen LogP contribution is 2.32. The zero-order chi connectivity index (χ0) is 10.7. The average Bonchev–Trinajstić information content (AvgIpc) is 2.16. The molecule has 1 atom stereocenters. The van der Waals surface area contributed by atoms with Gasteiger partial charge in [-0.1, -0.05) is 39.8 Å². The fourth-order valence-electron chi connectivity index (χ4n) is 1.56. The molecular weight excluding hydrogens is 170 g/mol. The number of hydrogen-bond donors (Lipinski definition) is 0. The van der Waals surface area contributed by atoms with Gasteiger partial charge in [-0.25, -0.2) is 0 Å². The van der Waals surface area contributed by atoms with Crippen molar-refractivity contribution >= 4 is 6.21 Å². The van der Waals surface area contributed by atoms with Crippen molar-refractivity contribution in [1.29, 1.82) is 0 Å². The van der Waals surface area contributed by atoms with Crippen LogP contribution in [-0.2, 0) is 0 Å². The largest absolute Gasteiger partial charge is 0.286 e. The van der Waals surface area contributed by atoms with Crippen molar-refractivity contribution in [2.75, 3.05) is 0 Å². The lowest BCUT2D eigenvalue weighted by Crippen LogP contribution is -2.30. The Morgan fingerprint density at radius 1 is 1.36 bits per heavy atom. The quantitative estimate of drug-likeness (QED) is 0.462. The lowest BCUT2D eigenvalue weighted by atomic mass is 9.82. The number of rotatable bonds is 5. The molecule has 0 saturated carbocycles. The van der Waals surface area contributed by atoms with Crippen LogP contribution in [0.1, 0.15) is 53.4 Å². The molecule has 14 heavy (non-hydrogen) atoms. The van der Waals surface area contributed by atoms with Gasteiger partial charge in [0.15, 0.2) is 0 Å². The minimum atomic E-state index is 0.158. The van der Waals surface area contributed by atoms with Crippen LogP contribution < -0.4 is 0 Å². The van der Waals surface area contributed by atoms with Crippen LogP contribution in [0.2, 0.25) is 0 Å². The van der Waals surface area contributed by atoms with Crippen LogP contribution in [0.4, 0.5) is 0 Å². The van der Waals surface area contributed by atoms with E-state index < -0.39 is 0 Å². The SMILES string of the molecule is CCC(C)(C=NC1(CC)C=CC1)CC. The molecule has 80 valence electrons. The van der Waals surface area contributed by atoms with E-state index in [0.717, 1.165) is 12.8 Å². The molecular formula is C13H23N. The molecule has 1 aliphatic carbocycles. The molecule has 0 amide bonds. The number of aliphatic imine (C=N–C) groups is 1. The maximum absolute atomic E-state index is 4.78. The molecule has 0 fully saturated rings. The van der Waals surface area contributed by atoms with Crippen LogP contribution in [0.3, 0.4) is 0 Å².